The minimum atomic E-state index is 0.110. The number of hydrogen-bond donors (Lipinski definition) is 1. The van der Waals surface area contributed by atoms with E-state index in [0.717, 1.165) is 36.0 Å². The highest BCUT2D eigenvalue weighted by Crippen LogP contribution is 2.24. The van der Waals surface area contributed by atoms with Gasteiger partial charge in [-0.05, 0) is 61.1 Å². The van der Waals surface area contributed by atoms with Crippen LogP contribution in [0.2, 0.25) is 0 Å². The highest BCUT2D eigenvalue weighted by atomic mass is 16.1. The van der Waals surface area contributed by atoms with Gasteiger partial charge < -0.3 is 5.73 Å². The molecule has 20 heavy (non-hydrogen) atoms. The first-order valence-corrected chi connectivity index (χ1v) is 7.23. The van der Waals surface area contributed by atoms with Crippen molar-refractivity contribution in [1.29, 1.82) is 0 Å². The molecule has 0 fully saturated rings. The zero-order valence-electron chi connectivity index (χ0n) is 11.6. The Bertz CT molecular complexity index is 646. The summed E-state index contributed by atoms with van der Waals surface area (Å²) in [5.74, 6) is 0.110. The number of fused-ring (bicyclic) bond motifs is 1. The van der Waals surface area contributed by atoms with E-state index in [1.165, 1.54) is 17.5 Å². The molecule has 0 amide bonds. The van der Waals surface area contributed by atoms with Crippen LogP contribution in [-0.2, 0) is 19.3 Å². The van der Waals surface area contributed by atoms with E-state index < -0.39 is 0 Å². The fourth-order valence-electron chi connectivity index (χ4n) is 2.91. The van der Waals surface area contributed by atoms with Gasteiger partial charge in [0.2, 0.25) is 0 Å². The van der Waals surface area contributed by atoms with Gasteiger partial charge in [0.25, 0.3) is 0 Å². The summed E-state index contributed by atoms with van der Waals surface area (Å²) in [6.45, 7) is 0.608. The van der Waals surface area contributed by atoms with Crippen LogP contribution in [-0.4, -0.2) is 12.3 Å². The molecule has 2 nitrogen and oxygen atoms in total. The average molecular weight is 265 g/mol. The Hall–Kier alpha value is -1.93. The lowest BCUT2D eigenvalue weighted by Crippen LogP contribution is -2.06. The summed E-state index contributed by atoms with van der Waals surface area (Å²) >= 11 is 0. The number of carbonyl (C=O) groups excluding carboxylic acids is 1. The van der Waals surface area contributed by atoms with E-state index in [4.69, 9.17) is 5.73 Å². The van der Waals surface area contributed by atoms with Gasteiger partial charge in [-0.2, -0.15) is 0 Å². The van der Waals surface area contributed by atoms with E-state index in [-0.39, 0.29) is 5.78 Å². The molecule has 2 heteroatoms. The van der Waals surface area contributed by atoms with Gasteiger partial charge in [-0.15, -0.1) is 0 Å². The molecule has 0 heterocycles. The van der Waals surface area contributed by atoms with Crippen molar-refractivity contribution in [2.75, 3.05) is 6.54 Å². The standard InChI is InChI=1S/C18H19NO/c19-10-9-13-3-1-6-16(11-13)18(20)17-8-7-14-4-2-5-15(14)12-17/h1,3,6-8,11-12H,2,4-5,9-10,19H2. The van der Waals surface area contributed by atoms with Crippen molar-refractivity contribution in [1.82, 2.24) is 0 Å². The summed E-state index contributed by atoms with van der Waals surface area (Å²) in [5, 5.41) is 0. The lowest BCUT2D eigenvalue weighted by molar-refractivity contribution is 0.103. The van der Waals surface area contributed by atoms with Gasteiger partial charge in [0.1, 0.15) is 0 Å². The number of hydrogen-bond acceptors (Lipinski definition) is 2. The third kappa shape index (κ3) is 2.52. The molecule has 1 aliphatic rings. The monoisotopic (exact) mass is 265 g/mol. The summed E-state index contributed by atoms with van der Waals surface area (Å²) in [7, 11) is 0. The van der Waals surface area contributed by atoms with Crippen LogP contribution in [0, 0.1) is 0 Å². The molecular weight excluding hydrogens is 246 g/mol. The second-order valence-corrected chi connectivity index (χ2v) is 5.41. The van der Waals surface area contributed by atoms with E-state index in [9.17, 15) is 4.79 Å². The number of nitrogens with two attached hydrogens (primary N) is 1. The van der Waals surface area contributed by atoms with E-state index in [0.29, 0.717) is 6.54 Å². The van der Waals surface area contributed by atoms with E-state index >= 15 is 0 Å². The maximum absolute atomic E-state index is 12.6. The van der Waals surface area contributed by atoms with Crippen LogP contribution in [0.1, 0.15) is 39.0 Å². The van der Waals surface area contributed by atoms with E-state index in [1.54, 1.807) is 0 Å². The predicted octanol–water partition coefficient (Wildman–Crippen LogP) is 2.91. The summed E-state index contributed by atoms with van der Waals surface area (Å²) in [5.41, 5.74) is 11.0. The molecule has 0 saturated carbocycles. The van der Waals surface area contributed by atoms with Crippen molar-refractivity contribution in [2.45, 2.75) is 25.7 Å². The molecule has 0 aliphatic heterocycles. The lowest BCUT2D eigenvalue weighted by atomic mass is 9.97. The first kappa shape index (κ1) is 13.1. The van der Waals surface area contributed by atoms with Crippen molar-refractivity contribution in [3.63, 3.8) is 0 Å². The summed E-state index contributed by atoms with van der Waals surface area (Å²) in [4.78, 5) is 12.6. The molecule has 0 aromatic heterocycles. The number of aryl methyl sites for hydroxylation is 2. The largest absolute Gasteiger partial charge is 0.330 e. The predicted molar refractivity (Wildman–Crippen MR) is 81.1 cm³/mol. The summed E-state index contributed by atoms with van der Waals surface area (Å²) in [6, 6.07) is 13.9. The molecular formula is C18H19NO. The molecule has 0 saturated heterocycles. The Balaban J connectivity index is 1.90. The zero-order chi connectivity index (χ0) is 13.9. The molecule has 1 aliphatic carbocycles. The van der Waals surface area contributed by atoms with Gasteiger partial charge in [0.15, 0.2) is 5.78 Å². The van der Waals surface area contributed by atoms with Crippen molar-refractivity contribution in [3.05, 3.63) is 70.3 Å². The third-order valence-electron chi connectivity index (χ3n) is 3.98. The Kier molecular flexibility index (Phi) is 3.66. The third-order valence-corrected chi connectivity index (χ3v) is 3.98. The van der Waals surface area contributed by atoms with Crippen molar-refractivity contribution < 1.29 is 4.79 Å². The molecule has 0 atom stereocenters. The van der Waals surface area contributed by atoms with Crippen LogP contribution in [0.3, 0.4) is 0 Å². The zero-order valence-corrected chi connectivity index (χ0v) is 11.6. The van der Waals surface area contributed by atoms with Crippen molar-refractivity contribution in [2.24, 2.45) is 5.73 Å². The Morgan fingerprint density at radius 1 is 1.00 bits per heavy atom. The van der Waals surface area contributed by atoms with Crippen LogP contribution in [0.25, 0.3) is 0 Å². The summed E-state index contributed by atoms with van der Waals surface area (Å²) in [6.07, 6.45) is 4.27. The Morgan fingerprint density at radius 2 is 1.80 bits per heavy atom. The molecule has 2 N–H and O–H groups in total. The van der Waals surface area contributed by atoms with Gasteiger partial charge in [0.05, 0.1) is 0 Å². The van der Waals surface area contributed by atoms with E-state index in [1.807, 2.05) is 30.3 Å². The maximum atomic E-state index is 12.6. The quantitative estimate of drug-likeness (QED) is 0.864. The van der Waals surface area contributed by atoms with Gasteiger partial charge in [-0.25, -0.2) is 0 Å². The highest BCUT2D eigenvalue weighted by Gasteiger charge is 2.15. The smallest absolute Gasteiger partial charge is 0.193 e. The normalized spacial score (nSPS) is 13.2. The van der Waals surface area contributed by atoms with Gasteiger partial charge in [0, 0.05) is 11.1 Å². The molecule has 2 aromatic rings. The van der Waals surface area contributed by atoms with Gasteiger partial charge >= 0.3 is 0 Å². The fraction of sp³-hybridized carbons (Fsp3) is 0.278. The molecule has 0 spiro atoms. The van der Waals surface area contributed by atoms with E-state index in [2.05, 4.69) is 12.1 Å². The summed E-state index contributed by atoms with van der Waals surface area (Å²) < 4.78 is 0. The van der Waals surface area contributed by atoms with Crippen LogP contribution < -0.4 is 5.73 Å². The van der Waals surface area contributed by atoms with Gasteiger partial charge in [-0.3, -0.25) is 4.79 Å². The fourth-order valence-corrected chi connectivity index (χ4v) is 2.91. The number of rotatable bonds is 4. The van der Waals surface area contributed by atoms with Crippen molar-refractivity contribution in [3.8, 4) is 0 Å². The van der Waals surface area contributed by atoms with Crippen LogP contribution in [0.5, 0.6) is 0 Å². The highest BCUT2D eigenvalue weighted by molar-refractivity contribution is 6.09. The minimum absolute atomic E-state index is 0.110. The SMILES string of the molecule is NCCc1cccc(C(=O)c2ccc3c(c2)CCC3)c1. The van der Waals surface area contributed by atoms with Gasteiger partial charge in [-0.1, -0.05) is 30.3 Å². The number of benzene rings is 2. The minimum Gasteiger partial charge on any atom is -0.330 e. The number of carbonyl (C=O) groups is 1. The van der Waals surface area contributed by atoms with Crippen LogP contribution in [0.4, 0.5) is 0 Å². The molecule has 0 bridgehead atoms. The number of ketones is 1. The average Bonchev–Trinajstić information content (AvgIpc) is 2.94. The molecule has 0 unspecified atom stereocenters. The second-order valence-electron chi connectivity index (χ2n) is 5.41. The molecule has 102 valence electrons. The lowest BCUT2D eigenvalue weighted by Gasteiger charge is -2.06. The molecule has 3 rings (SSSR count). The molecule has 2 aromatic carbocycles. The van der Waals surface area contributed by atoms with Crippen molar-refractivity contribution >= 4 is 5.78 Å². The Labute approximate surface area is 119 Å². The first-order valence-electron chi connectivity index (χ1n) is 7.23. The topological polar surface area (TPSA) is 43.1 Å². The Morgan fingerprint density at radius 3 is 2.65 bits per heavy atom. The molecule has 0 radical (unpaired) electrons. The maximum Gasteiger partial charge on any atom is 0.193 e. The van der Waals surface area contributed by atoms with Crippen LogP contribution in [0.15, 0.2) is 42.5 Å². The first-order chi connectivity index (χ1) is 9.78. The second kappa shape index (κ2) is 5.59. The van der Waals surface area contributed by atoms with Crippen LogP contribution >= 0.6 is 0 Å².